The zero-order chi connectivity index (χ0) is 15.6. The number of nitrogens with zero attached hydrogens (tertiary/aromatic N) is 2. The van der Waals surface area contributed by atoms with Gasteiger partial charge in [-0.3, -0.25) is 0 Å². The number of hydrogen-bond acceptors (Lipinski definition) is 4. The normalized spacial score (nSPS) is 23.4. The van der Waals surface area contributed by atoms with E-state index in [0.717, 1.165) is 36.0 Å². The molecule has 0 spiro atoms. The van der Waals surface area contributed by atoms with Crippen molar-refractivity contribution in [2.24, 2.45) is 0 Å². The van der Waals surface area contributed by atoms with Crippen molar-refractivity contribution >= 4 is 29.2 Å². The van der Waals surface area contributed by atoms with E-state index < -0.39 is 0 Å². The van der Waals surface area contributed by atoms with E-state index in [9.17, 15) is 0 Å². The molecular weight excluding hydrogens is 302 g/mol. The van der Waals surface area contributed by atoms with Gasteiger partial charge in [-0.15, -0.1) is 0 Å². The largest absolute Gasteiger partial charge is 0.354 e. The summed E-state index contributed by atoms with van der Waals surface area (Å²) >= 11 is 8.35. The van der Waals surface area contributed by atoms with Crippen LogP contribution in [0.1, 0.15) is 40.2 Å². The molecule has 0 saturated carbocycles. The van der Waals surface area contributed by atoms with E-state index in [4.69, 9.17) is 11.6 Å². The highest BCUT2D eigenvalue weighted by molar-refractivity contribution is 8.00. The van der Waals surface area contributed by atoms with Crippen LogP contribution in [0.4, 0.5) is 5.82 Å². The van der Waals surface area contributed by atoms with Crippen LogP contribution in [-0.4, -0.2) is 34.1 Å². The summed E-state index contributed by atoms with van der Waals surface area (Å²) in [5.41, 5.74) is 1.20. The molecule has 1 fully saturated rings. The van der Waals surface area contributed by atoms with Crippen molar-refractivity contribution in [2.45, 2.75) is 57.2 Å². The maximum Gasteiger partial charge on any atom is 0.128 e. The first-order chi connectivity index (χ1) is 9.74. The number of thioether (sulfide) groups is 1. The number of rotatable bonds is 3. The van der Waals surface area contributed by atoms with Gasteiger partial charge in [-0.1, -0.05) is 25.4 Å². The zero-order valence-electron chi connectivity index (χ0n) is 13.6. The Labute approximate surface area is 137 Å². The van der Waals surface area contributed by atoms with E-state index in [1.807, 2.05) is 0 Å². The highest BCUT2D eigenvalue weighted by Crippen LogP contribution is 2.29. The van der Waals surface area contributed by atoms with Crippen LogP contribution in [0.5, 0.6) is 0 Å². The quantitative estimate of drug-likeness (QED) is 0.909. The molecule has 21 heavy (non-hydrogen) atoms. The molecule has 5 heteroatoms. The third-order valence-corrected chi connectivity index (χ3v) is 5.04. The van der Waals surface area contributed by atoms with Gasteiger partial charge in [0.15, 0.2) is 0 Å². The molecule has 0 aromatic carbocycles. The highest BCUT2D eigenvalue weighted by atomic mass is 35.5. The molecule has 0 bridgehead atoms. The van der Waals surface area contributed by atoms with Crippen molar-refractivity contribution in [1.82, 2.24) is 10.3 Å². The molecule has 0 amide bonds. The van der Waals surface area contributed by atoms with Crippen LogP contribution >= 0.6 is 23.4 Å². The summed E-state index contributed by atoms with van der Waals surface area (Å²) in [6, 6.07) is 2.14. The fourth-order valence-electron chi connectivity index (χ4n) is 2.50. The average Bonchev–Trinajstić information content (AvgIpc) is 2.35. The van der Waals surface area contributed by atoms with E-state index in [0.29, 0.717) is 10.5 Å². The SMILES string of the molecule is CC1CN(c2cc(CNC(C)(C)C)c(Cl)cn2)CC(C)S1. The van der Waals surface area contributed by atoms with Crippen molar-refractivity contribution in [3.8, 4) is 0 Å². The molecule has 1 aromatic heterocycles. The fraction of sp³-hybridized carbons (Fsp3) is 0.688. The first-order valence-electron chi connectivity index (χ1n) is 7.54. The third-order valence-electron chi connectivity index (χ3n) is 3.47. The van der Waals surface area contributed by atoms with Gasteiger partial charge in [0.2, 0.25) is 0 Å². The Morgan fingerprint density at radius 2 is 1.95 bits per heavy atom. The first kappa shape index (κ1) is 16.9. The number of halogens is 1. The van der Waals surface area contributed by atoms with Gasteiger partial charge in [-0.05, 0) is 32.4 Å². The minimum absolute atomic E-state index is 0.0809. The first-order valence-corrected chi connectivity index (χ1v) is 8.86. The highest BCUT2D eigenvalue weighted by Gasteiger charge is 2.23. The van der Waals surface area contributed by atoms with E-state index in [-0.39, 0.29) is 5.54 Å². The van der Waals surface area contributed by atoms with Gasteiger partial charge in [0, 0.05) is 41.9 Å². The van der Waals surface area contributed by atoms with Gasteiger partial charge in [0.05, 0.1) is 5.02 Å². The van der Waals surface area contributed by atoms with Crippen molar-refractivity contribution in [2.75, 3.05) is 18.0 Å². The second-order valence-electron chi connectivity index (χ2n) is 6.90. The van der Waals surface area contributed by atoms with Crippen LogP contribution < -0.4 is 10.2 Å². The van der Waals surface area contributed by atoms with Gasteiger partial charge >= 0.3 is 0 Å². The molecule has 3 nitrogen and oxygen atoms in total. The third kappa shape index (κ3) is 5.04. The molecule has 1 aliphatic rings. The molecule has 2 rings (SSSR count). The molecule has 2 heterocycles. The lowest BCUT2D eigenvalue weighted by molar-refractivity contribution is 0.424. The fourth-order valence-corrected chi connectivity index (χ4v) is 4.00. The van der Waals surface area contributed by atoms with Crippen LogP contribution in [0.25, 0.3) is 0 Å². The lowest BCUT2D eigenvalue weighted by Gasteiger charge is -2.35. The molecule has 118 valence electrons. The van der Waals surface area contributed by atoms with Crippen LogP contribution in [0.3, 0.4) is 0 Å². The average molecular weight is 328 g/mol. The van der Waals surface area contributed by atoms with Gasteiger partial charge in [-0.25, -0.2) is 4.98 Å². The van der Waals surface area contributed by atoms with Crippen molar-refractivity contribution in [3.63, 3.8) is 0 Å². The van der Waals surface area contributed by atoms with Gasteiger partial charge in [0.25, 0.3) is 0 Å². The molecule has 1 N–H and O–H groups in total. The summed E-state index contributed by atoms with van der Waals surface area (Å²) in [7, 11) is 0. The van der Waals surface area contributed by atoms with E-state index in [2.05, 4.69) is 67.6 Å². The minimum atomic E-state index is 0.0809. The topological polar surface area (TPSA) is 28.2 Å². The number of aromatic nitrogens is 1. The predicted molar refractivity (Wildman–Crippen MR) is 94.6 cm³/mol. The smallest absolute Gasteiger partial charge is 0.128 e. The Morgan fingerprint density at radius 3 is 2.52 bits per heavy atom. The minimum Gasteiger partial charge on any atom is -0.354 e. The standard InChI is InChI=1S/C16H26ClN3S/c1-11-9-20(10-12(2)21-11)15-6-13(14(17)8-18-15)7-19-16(3,4)5/h6,8,11-12,19H,7,9-10H2,1-5H3. The van der Waals surface area contributed by atoms with Gasteiger partial charge in [0.1, 0.15) is 5.82 Å². The van der Waals surface area contributed by atoms with Gasteiger partial charge < -0.3 is 10.2 Å². The number of nitrogens with one attached hydrogen (secondary N) is 1. The van der Waals surface area contributed by atoms with Crippen molar-refractivity contribution < 1.29 is 0 Å². The van der Waals surface area contributed by atoms with E-state index >= 15 is 0 Å². The van der Waals surface area contributed by atoms with Crippen LogP contribution in [0.2, 0.25) is 5.02 Å². The van der Waals surface area contributed by atoms with E-state index in [1.54, 1.807) is 6.20 Å². The molecule has 1 aliphatic heterocycles. The predicted octanol–water partition coefficient (Wildman–Crippen LogP) is 3.95. The molecule has 0 aliphatic carbocycles. The van der Waals surface area contributed by atoms with Crippen LogP contribution in [-0.2, 0) is 6.54 Å². The molecular formula is C16H26ClN3S. The molecule has 1 saturated heterocycles. The molecule has 2 unspecified atom stereocenters. The summed E-state index contributed by atoms with van der Waals surface area (Å²) in [6.07, 6.45) is 1.79. The van der Waals surface area contributed by atoms with Crippen molar-refractivity contribution in [3.05, 3.63) is 22.8 Å². The van der Waals surface area contributed by atoms with Crippen LogP contribution in [0.15, 0.2) is 12.3 Å². The monoisotopic (exact) mass is 327 g/mol. The number of anilines is 1. The maximum absolute atomic E-state index is 6.30. The lowest BCUT2D eigenvalue weighted by Crippen LogP contribution is -2.41. The molecule has 0 radical (unpaired) electrons. The summed E-state index contributed by atoms with van der Waals surface area (Å²) in [6.45, 7) is 13.9. The number of hydrogen-bond donors (Lipinski definition) is 1. The second-order valence-corrected chi connectivity index (χ2v) is 9.19. The molecule has 1 aromatic rings. The summed E-state index contributed by atoms with van der Waals surface area (Å²) in [4.78, 5) is 6.91. The maximum atomic E-state index is 6.30. The Balaban J connectivity index is 2.14. The summed E-state index contributed by atoms with van der Waals surface area (Å²) in [5.74, 6) is 1.05. The van der Waals surface area contributed by atoms with Crippen molar-refractivity contribution in [1.29, 1.82) is 0 Å². The number of pyridine rings is 1. The summed E-state index contributed by atoms with van der Waals surface area (Å²) < 4.78 is 0. The zero-order valence-corrected chi connectivity index (χ0v) is 15.2. The Bertz CT molecular complexity index is 477. The summed E-state index contributed by atoms with van der Waals surface area (Å²) in [5, 5.41) is 5.51. The van der Waals surface area contributed by atoms with Crippen LogP contribution in [0, 0.1) is 0 Å². The Hall–Kier alpha value is -0.450. The van der Waals surface area contributed by atoms with Gasteiger partial charge in [-0.2, -0.15) is 11.8 Å². The molecule has 2 atom stereocenters. The Morgan fingerprint density at radius 1 is 1.33 bits per heavy atom. The second kappa shape index (κ2) is 6.76. The van der Waals surface area contributed by atoms with E-state index in [1.165, 1.54) is 0 Å². The lowest BCUT2D eigenvalue weighted by atomic mass is 10.1. The Kier molecular flexibility index (Phi) is 5.44.